The standard InChI is InChI=1S/C22H14F4N4O/c1-29-21-14(8-28-29)13(7-18(25)20(21)26)11-5-16(23)15(17(24)6-11)9-30-10-19-12(22(30)31)3-2-4-27-19/h2-8H,9-10H2,1H3. The van der Waals surface area contributed by atoms with Gasteiger partial charge in [0.05, 0.1) is 30.5 Å². The minimum Gasteiger partial charge on any atom is -0.328 e. The summed E-state index contributed by atoms with van der Waals surface area (Å²) in [5.41, 5.74) is 0.697. The fraction of sp³-hybridized carbons (Fsp3) is 0.136. The van der Waals surface area contributed by atoms with Crippen LogP contribution in [0.5, 0.6) is 0 Å². The maximum Gasteiger partial charge on any atom is 0.256 e. The van der Waals surface area contributed by atoms with Crippen molar-refractivity contribution in [2.75, 3.05) is 0 Å². The number of rotatable bonds is 3. The number of amides is 1. The van der Waals surface area contributed by atoms with Crippen LogP contribution in [0.2, 0.25) is 0 Å². The molecule has 0 fully saturated rings. The van der Waals surface area contributed by atoms with Crippen molar-refractivity contribution in [3.8, 4) is 11.1 Å². The molecule has 2 aromatic carbocycles. The first-order chi connectivity index (χ1) is 14.8. The highest BCUT2D eigenvalue weighted by Crippen LogP contribution is 2.34. The Morgan fingerprint density at radius 1 is 1.03 bits per heavy atom. The fourth-order valence-corrected chi connectivity index (χ4v) is 3.92. The number of fused-ring (bicyclic) bond motifs is 2. The third-order valence-electron chi connectivity index (χ3n) is 5.47. The van der Waals surface area contributed by atoms with Crippen molar-refractivity contribution in [2.45, 2.75) is 13.1 Å². The van der Waals surface area contributed by atoms with E-state index in [4.69, 9.17) is 0 Å². The van der Waals surface area contributed by atoms with E-state index >= 15 is 0 Å². The van der Waals surface area contributed by atoms with Crippen molar-refractivity contribution in [1.82, 2.24) is 19.7 Å². The minimum atomic E-state index is -1.15. The van der Waals surface area contributed by atoms with E-state index in [2.05, 4.69) is 10.1 Å². The smallest absolute Gasteiger partial charge is 0.256 e. The molecule has 0 unspecified atom stereocenters. The fourth-order valence-electron chi connectivity index (χ4n) is 3.92. The number of nitrogens with zero attached hydrogens (tertiary/aromatic N) is 4. The summed E-state index contributed by atoms with van der Waals surface area (Å²) < 4.78 is 59.3. The highest BCUT2D eigenvalue weighted by molar-refractivity contribution is 5.98. The molecule has 0 bridgehead atoms. The van der Waals surface area contributed by atoms with Gasteiger partial charge in [0.25, 0.3) is 5.91 Å². The number of halogens is 4. The van der Waals surface area contributed by atoms with E-state index in [-0.39, 0.29) is 46.6 Å². The number of benzene rings is 2. The topological polar surface area (TPSA) is 51.0 Å². The van der Waals surface area contributed by atoms with Crippen LogP contribution in [0.4, 0.5) is 17.6 Å². The summed E-state index contributed by atoms with van der Waals surface area (Å²) in [5.74, 6) is -4.38. The van der Waals surface area contributed by atoms with Gasteiger partial charge in [-0.15, -0.1) is 0 Å². The van der Waals surface area contributed by atoms with Crippen molar-refractivity contribution < 1.29 is 22.4 Å². The molecule has 0 spiro atoms. The van der Waals surface area contributed by atoms with Crippen LogP contribution in [0.1, 0.15) is 21.6 Å². The lowest BCUT2D eigenvalue weighted by atomic mass is 9.99. The zero-order valence-corrected chi connectivity index (χ0v) is 16.2. The second-order valence-electron chi connectivity index (χ2n) is 7.33. The van der Waals surface area contributed by atoms with Crippen molar-refractivity contribution in [3.63, 3.8) is 0 Å². The summed E-state index contributed by atoms with van der Waals surface area (Å²) in [5, 5.41) is 4.14. The van der Waals surface area contributed by atoms with Gasteiger partial charge in [0.1, 0.15) is 17.2 Å². The van der Waals surface area contributed by atoms with Crippen LogP contribution in [-0.4, -0.2) is 25.6 Å². The maximum absolute atomic E-state index is 14.9. The van der Waals surface area contributed by atoms with Gasteiger partial charge in [-0.25, -0.2) is 17.6 Å². The van der Waals surface area contributed by atoms with Crippen LogP contribution in [0.3, 0.4) is 0 Å². The monoisotopic (exact) mass is 426 g/mol. The third kappa shape index (κ3) is 2.96. The zero-order valence-electron chi connectivity index (χ0n) is 16.2. The van der Waals surface area contributed by atoms with Crippen LogP contribution in [-0.2, 0) is 20.1 Å². The van der Waals surface area contributed by atoms with E-state index in [9.17, 15) is 22.4 Å². The highest BCUT2D eigenvalue weighted by atomic mass is 19.2. The normalized spacial score (nSPS) is 13.3. The molecular weight excluding hydrogens is 412 g/mol. The van der Waals surface area contributed by atoms with Gasteiger partial charge in [-0.05, 0) is 41.5 Å². The Kier molecular flexibility index (Phi) is 4.28. The Bertz CT molecular complexity index is 1360. The Balaban J connectivity index is 1.54. The van der Waals surface area contributed by atoms with Gasteiger partial charge in [0.2, 0.25) is 0 Å². The third-order valence-corrected chi connectivity index (χ3v) is 5.47. The molecule has 5 rings (SSSR count). The van der Waals surface area contributed by atoms with Crippen molar-refractivity contribution in [3.05, 3.63) is 82.8 Å². The molecular formula is C22H14F4N4O. The molecule has 0 N–H and O–H groups in total. The maximum atomic E-state index is 14.9. The highest BCUT2D eigenvalue weighted by Gasteiger charge is 2.30. The van der Waals surface area contributed by atoms with Crippen molar-refractivity contribution >= 4 is 16.8 Å². The lowest BCUT2D eigenvalue weighted by Gasteiger charge is -2.17. The molecule has 0 radical (unpaired) electrons. The second-order valence-corrected chi connectivity index (χ2v) is 7.33. The van der Waals surface area contributed by atoms with Gasteiger partial charge in [-0.1, -0.05) is 0 Å². The summed E-state index contributed by atoms with van der Waals surface area (Å²) in [7, 11) is 1.44. The van der Waals surface area contributed by atoms with E-state index < -0.39 is 23.3 Å². The van der Waals surface area contributed by atoms with Gasteiger partial charge >= 0.3 is 0 Å². The van der Waals surface area contributed by atoms with E-state index in [1.165, 1.54) is 18.1 Å². The number of hydrogen-bond donors (Lipinski definition) is 0. The van der Waals surface area contributed by atoms with Crippen molar-refractivity contribution in [1.29, 1.82) is 0 Å². The van der Waals surface area contributed by atoms with Crippen LogP contribution >= 0.6 is 0 Å². The SMILES string of the molecule is Cn1ncc2c(-c3cc(F)c(CN4Cc5ncccc5C4=O)c(F)c3)cc(F)c(F)c21. The number of carbonyl (C=O) groups is 1. The molecule has 1 aliphatic rings. The summed E-state index contributed by atoms with van der Waals surface area (Å²) in [6.07, 6.45) is 2.86. The van der Waals surface area contributed by atoms with Crippen LogP contribution in [0, 0.1) is 23.3 Å². The average molecular weight is 426 g/mol. The van der Waals surface area contributed by atoms with Gasteiger partial charge < -0.3 is 4.90 Å². The Labute approximate surface area is 173 Å². The lowest BCUT2D eigenvalue weighted by molar-refractivity contribution is 0.0763. The number of hydrogen-bond acceptors (Lipinski definition) is 3. The summed E-state index contributed by atoms with van der Waals surface area (Å²) in [6, 6.07) is 6.21. The molecule has 0 saturated carbocycles. The van der Waals surface area contributed by atoms with Crippen LogP contribution in [0.25, 0.3) is 22.0 Å². The van der Waals surface area contributed by atoms with Crippen molar-refractivity contribution in [2.24, 2.45) is 7.05 Å². The van der Waals surface area contributed by atoms with Crippen LogP contribution < -0.4 is 0 Å². The molecule has 0 atom stereocenters. The molecule has 1 aliphatic heterocycles. The van der Waals surface area contributed by atoms with Crippen LogP contribution in [0.15, 0.2) is 42.7 Å². The number of carbonyl (C=O) groups excluding carboxylic acids is 1. The minimum absolute atomic E-state index is 0.0355. The lowest BCUT2D eigenvalue weighted by Crippen LogP contribution is -2.24. The molecule has 2 aromatic heterocycles. The van der Waals surface area contributed by atoms with Gasteiger partial charge in [-0.2, -0.15) is 5.10 Å². The van der Waals surface area contributed by atoms with E-state index in [0.717, 1.165) is 22.9 Å². The first-order valence-electron chi connectivity index (χ1n) is 9.36. The molecule has 3 heterocycles. The first-order valence-corrected chi connectivity index (χ1v) is 9.36. The number of pyridine rings is 1. The summed E-state index contributed by atoms with van der Waals surface area (Å²) in [6.45, 7) is -0.137. The number of aryl methyl sites for hydroxylation is 1. The predicted molar refractivity (Wildman–Crippen MR) is 104 cm³/mol. The van der Waals surface area contributed by atoms with E-state index in [0.29, 0.717) is 11.3 Å². The molecule has 0 aliphatic carbocycles. The first kappa shape index (κ1) is 19.2. The molecule has 5 nitrogen and oxygen atoms in total. The van der Waals surface area contributed by atoms with E-state index in [1.807, 2.05) is 0 Å². The van der Waals surface area contributed by atoms with Gasteiger partial charge in [0, 0.05) is 24.2 Å². The second kappa shape index (κ2) is 6.90. The van der Waals surface area contributed by atoms with E-state index in [1.54, 1.807) is 18.3 Å². The van der Waals surface area contributed by atoms with Gasteiger partial charge in [-0.3, -0.25) is 14.5 Å². The molecule has 0 saturated heterocycles. The Morgan fingerprint density at radius 3 is 2.48 bits per heavy atom. The molecule has 4 aromatic rings. The zero-order chi connectivity index (χ0) is 21.9. The molecule has 1 amide bonds. The quantitative estimate of drug-likeness (QED) is 0.458. The Morgan fingerprint density at radius 2 is 1.77 bits per heavy atom. The number of aromatic nitrogens is 3. The largest absolute Gasteiger partial charge is 0.328 e. The average Bonchev–Trinajstić information content (AvgIpc) is 3.28. The molecule has 9 heteroatoms. The predicted octanol–water partition coefficient (Wildman–Crippen LogP) is 4.35. The summed E-state index contributed by atoms with van der Waals surface area (Å²) in [4.78, 5) is 17.9. The molecule has 31 heavy (non-hydrogen) atoms. The Hall–Kier alpha value is -3.75. The molecule has 156 valence electrons. The van der Waals surface area contributed by atoms with Gasteiger partial charge in [0.15, 0.2) is 11.6 Å². The summed E-state index contributed by atoms with van der Waals surface area (Å²) >= 11 is 0.